The summed E-state index contributed by atoms with van der Waals surface area (Å²) in [6.07, 6.45) is 0. The average molecular weight is 590 g/mol. The van der Waals surface area contributed by atoms with Gasteiger partial charge >= 0.3 is 5.97 Å². The van der Waals surface area contributed by atoms with Crippen molar-refractivity contribution in [2.24, 2.45) is 0 Å². The molecule has 184 valence electrons. The van der Waals surface area contributed by atoms with Gasteiger partial charge in [-0.3, -0.25) is 19.7 Å². The second-order valence-corrected chi connectivity index (χ2v) is 9.71. The number of nitrogens with one attached hydrogen (secondary N) is 2. The molecular formula is C24H18BrClN4O5S. The molecule has 4 rings (SSSR count). The molecule has 2 N–H and O–H groups in total. The molecule has 0 aliphatic carbocycles. The lowest BCUT2D eigenvalue weighted by atomic mass is 10.2. The minimum Gasteiger partial charge on any atom is -0.462 e. The Morgan fingerprint density at radius 1 is 1.08 bits per heavy atom. The third kappa shape index (κ3) is 5.18. The van der Waals surface area contributed by atoms with Crippen molar-refractivity contribution < 1.29 is 23.9 Å². The number of carbonyl (C=O) groups is 4. The smallest absolute Gasteiger partial charge is 0.350 e. The number of benzene rings is 2. The summed E-state index contributed by atoms with van der Waals surface area (Å²) >= 11 is 10.5. The predicted molar refractivity (Wildman–Crippen MR) is 140 cm³/mol. The maximum Gasteiger partial charge on any atom is 0.350 e. The predicted octanol–water partition coefficient (Wildman–Crippen LogP) is 5.08. The molecule has 0 atom stereocenters. The van der Waals surface area contributed by atoms with Crippen LogP contribution in [0, 0.1) is 6.92 Å². The quantitative estimate of drug-likeness (QED) is 0.292. The van der Waals surface area contributed by atoms with Gasteiger partial charge in [0.25, 0.3) is 17.7 Å². The SMILES string of the molecule is CCOC(=O)c1sc(NC(=O)c2ccc(NC3=C(Cl)C(=O)N(c4ccc(Br)cc4)C3=O)cc2)nc1C. The molecule has 12 heteroatoms. The van der Waals surface area contributed by atoms with E-state index in [1.165, 1.54) is 12.1 Å². The van der Waals surface area contributed by atoms with E-state index in [4.69, 9.17) is 16.3 Å². The number of aromatic nitrogens is 1. The van der Waals surface area contributed by atoms with Gasteiger partial charge in [-0.15, -0.1) is 0 Å². The zero-order valence-corrected chi connectivity index (χ0v) is 22.1. The average Bonchev–Trinajstić information content (AvgIpc) is 3.32. The highest BCUT2D eigenvalue weighted by molar-refractivity contribution is 9.10. The van der Waals surface area contributed by atoms with Gasteiger partial charge in [-0.05, 0) is 62.4 Å². The Labute approximate surface area is 223 Å². The standard InChI is InChI=1S/C24H18BrClN4O5S/c1-3-35-23(34)19-12(2)27-24(36-19)29-20(31)13-4-8-15(9-5-13)28-18-17(26)21(32)30(22(18)33)16-10-6-14(25)7-11-16/h4-11,28H,3H2,1-2H3,(H,27,29,31). The van der Waals surface area contributed by atoms with Gasteiger partial charge in [-0.2, -0.15) is 0 Å². The lowest BCUT2D eigenvalue weighted by molar-refractivity contribution is -0.120. The number of carbonyl (C=O) groups excluding carboxylic acids is 4. The van der Waals surface area contributed by atoms with Crippen molar-refractivity contribution in [2.75, 3.05) is 22.1 Å². The van der Waals surface area contributed by atoms with E-state index >= 15 is 0 Å². The highest BCUT2D eigenvalue weighted by atomic mass is 79.9. The summed E-state index contributed by atoms with van der Waals surface area (Å²) in [6, 6.07) is 12.9. The Morgan fingerprint density at radius 3 is 2.39 bits per heavy atom. The van der Waals surface area contributed by atoms with Gasteiger partial charge in [0.2, 0.25) is 0 Å². The van der Waals surface area contributed by atoms with Crippen molar-refractivity contribution in [1.82, 2.24) is 4.98 Å². The molecule has 3 aromatic rings. The molecule has 1 aromatic heterocycles. The van der Waals surface area contributed by atoms with Crippen LogP contribution in [0.25, 0.3) is 0 Å². The van der Waals surface area contributed by atoms with Crippen LogP contribution in [0.2, 0.25) is 0 Å². The number of amides is 3. The summed E-state index contributed by atoms with van der Waals surface area (Å²) < 4.78 is 5.79. The van der Waals surface area contributed by atoms with Crippen LogP contribution in [0.5, 0.6) is 0 Å². The van der Waals surface area contributed by atoms with Crippen molar-refractivity contribution in [3.8, 4) is 0 Å². The molecule has 3 amide bonds. The monoisotopic (exact) mass is 588 g/mol. The topological polar surface area (TPSA) is 118 Å². The van der Waals surface area contributed by atoms with E-state index in [2.05, 4.69) is 31.5 Å². The molecule has 2 aromatic carbocycles. The molecule has 0 saturated carbocycles. The van der Waals surface area contributed by atoms with Gasteiger partial charge in [0.1, 0.15) is 15.6 Å². The second kappa shape index (κ2) is 10.6. The van der Waals surface area contributed by atoms with Crippen LogP contribution in [0.3, 0.4) is 0 Å². The summed E-state index contributed by atoms with van der Waals surface area (Å²) in [5.41, 5.74) is 1.56. The minimum atomic E-state index is -0.636. The van der Waals surface area contributed by atoms with Crippen molar-refractivity contribution >= 4 is 79.1 Å². The van der Waals surface area contributed by atoms with Crippen LogP contribution in [0.4, 0.5) is 16.5 Å². The van der Waals surface area contributed by atoms with Gasteiger partial charge < -0.3 is 10.1 Å². The van der Waals surface area contributed by atoms with Crippen molar-refractivity contribution in [1.29, 1.82) is 0 Å². The first-order valence-corrected chi connectivity index (χ1v) is 12.6. The van der Waals surface area contributed by atoms with Crippen LogP contribution in [-0.4, -0.2) is 35.3 Å². The van der Waals surface area contributed by atoms with Crippen LogP contribution in [0.1, 0.15) is 32.6 Å². The molecule has 0 bridgehead atoms. The Bertz CT molecular complexity index is 1400. The number of halogens is 2. The maximum absolute atomic E-state index is 12.9. The van der Waals surface area contributed by atoms with Crippen molar-refractivity contribution in [3.63, 3.8) is 0 Å². The number of ether oxygens (including phenoxy) is 1. The number of rotatable bonds is 7. The van der Waals surface area contributed by atoms with E-state index in [1.54, 1.807) is 50.2 Å². The summed E-state index contributed by atoms with van der Waals surface area (Å²) in [4.78, 5) is 55.6. The van der Waals surface area contributed by atoms with E-state index in [9.17, 15) is 19.2 Å². The summed E-state index contributed by atoms with van der Waals surface area (Å²) in [6.45, 7) is 3.60. The number of aryl methyl sites for hydroxylation is 1. The summed E-state index contributed by atoms with van der Waals surface area (Å²) in [5.74, 6) is -2.15. The second-order valence-electron chi connectivity index (χ2n) is 7.42. The van der Waals surface area contributed by atoms with Gasteiger partial charge in [0, 0.05) is 15.7 Å². The Balaban J connectivity index is 1.44. The van der Waals surface area contributed by atoms with Gasteiger partial charge in [-0.1, -0.05) is 38.9 Å². The molecule has 0 unspecified atom stereocenters. The summed E-state index contributed by atoms with van der Waals surface area (Å²) in [5, 5.41) is 5.56. The third-order valence-corrected chi connectivity index (χ3v) is 6.94. The van der Waals surface area contributed by atoms with Gasteiger partial charge in [0.15, 0.2) is 5.13 Å². The normalized spacial score (nSPS) is 13.3. The van der Waals surface area contributed by atoms with E-state index in [1.807, 2.05) is 0 Å². The number of imide groups is 1. The fourth-order valence-corrected chi connectivity index (χ4v) is 4.62. The first kappa shape index (κ1) is 25.5. The van der Waals surface area contributed by atoms with E-state index in [0.717, 1.165) is 20.7 Å². The molecule has 9 nitrogen and oxygen atoms in total. The highest BCUT2D eigenvalue weighted by Gasteiger charge is 2.38. The molecule has 36 heavy (non-hydrogen) atoms. The van der Waals surface area contributed by atoms with E-state index in [-0.39, 0.29) is 22.5 Å². The Hall–Kier alpha value is -3.54. The fourth-order valence-electron chi connectivity index (χ4n) is 3.29. The van der Waals surface area contributed by atoms with E-state index in [0.29, 0.717) is 27.5 Å². The number of anilines is 3. The van der Waals surface area contributed by atoms with Crippen LogP contribution in [-0.2, 0) is 14.3 Å². The third-order valence-electron chi connectivity index (χ3n) is 5.01. The number of nitrogens with zero attached hydrogens (tertiary/aromatic N) is 2. The van der Waals surface area contributed by atoms with E-state index < -0.39 is 23.7 Å². The number of esters is 1. The molecular weight excluding hydrogens is 572 g/mol. The maximum atomic E-state index is 12.9. The molecule has 0 spiro atoms. The largest absolute Gasteiger partial charge is 0.462 e. The van der Waals surface area contributed by atoms with Crippen molar-refractivity contribution in [3.05, 3.63) is 79.9 Å². The molecule has 0 saturated heterocycles. The molecule has 1 aliphatic heterocycles. The van der Waals surface area contributed by atoms with Crippen LogP contribution < -0.4 is 15.5 Å². The van der Waals surface area contributed by atoms with Crippen LogP contribution in [0.15, 0.2) is 63.7 Å². The minimum absolute atomic E-state index is 0.0634. The first-order chi connectivity index (χ1) is 17.2. The Kier molecular flexibility index (Phi) is 7.53. The number of hydrogen-bond donors (Lipinski definition) is 2. The molecule has 0 radical (unpaired) electrons. The number of thiazole rings is 1. The summed E-state index contributed by atoms with van der Waals surface area (Å²) in [7, 11) is 0. The molecule has 0 fully saturated rings. The number of hydrogen-bond acceptors (Lipinski definition) is 8. The Morgan fingerprint density at radius 2 is 1.75 bits per heavy atom. The highest BCUT2D eigenvalue weighted by Crippen LogP contribution is 2.31. The van der Waals surface area contributed by atoms with Crippen molar-refractivity contribution in [2.45, 2.75) is 13.8 Å². The zero-order valence-electron chi connectivity index (χ0n) is 18.9. The first-order valence-electron chi connectivity index (χ1n) is 10.6. The van der Waals surface area contributed by atoms with Crippen LogP contribution >= 0.6 is 38.9 Å². The van der Waals surface area contributed by atoms with Gasteiger partial charge in [-0.25, -0.2) is 14.7 Å². The fraction of sp³-hybridized carbons (Fsp3) is 0.125. The van der Waals surface area contributed by atoms with Gasteiger partial charge in [0.05, 0.1) is 18.0 Å². The molecule has 1 aliphatic rings. The lowest BCUT2D eigenvalue weighted by Gasteiger charge is -2.15. The lowest BCUT2D eigenvalue weighted by Crippen LogP contribution is -2.32. The zero-order chi connectivity index (χ0) is 26.0. The molecule has 2 heterocycles.